The first-order valence-electron chi connectivity index (χ1n) is 3.83. The molecule has 1 rings (SSSR count). The maximum atomic E-state index is 8.74. The molecule has 12 heavy (non-hydrogen) atoms. The zero-order valence-electron chi connectivity index (χ0n) is 6.70. The molecule has 0 spiro atoms. The van der Waals surface area contributed by atoms with Gasteiger partial charge < -0.3 is 10.8 Å². The zero-order chi connectivity index (χ0) is 8.97. The largest absolute Gasteiger partial charge is 0.395 e. The van der Waals surface area contributed by atoms with Gasteiger partial charge in [0, 0.05) is 9.61 Å². The Kier molecular flexibility index (Phi) is 3.97. The summed E-state index contributed by atoms with van der Waals surface area (Å²) in [5.41, 5.74) is 6.79. The molecule has 0 heterocycles. The van der Waals surface area contributed by atoms with E-state index in [0.29, 0.717) is 0 Å². The second kappa shape index (κ2) is 4.79. The molecule has 0 saturated carbocycles. The van der Waals surface area contributed by atoms with Crippen molar-refractivity contribution in [2.24, 2.45) is 5.73 Å². The highest BCUT2D eigenvalue weighted by Crippen LogP contribution is 2.08. The lowest BCUT2D eigenvalue weighted by Gasteiger charge is -2.07. The lowest BCUT2D eigenvalue weighted by atomic mass is 10.1. The van der Waals surface area contributed by atoms with E-state index in [-0.39, 0.29) is 12.6 Å². The van der Waals surface area contributed by atoms with Crippen LogP contribution in [0.5, 0.6) is 0 Å². The normalized spacial score (nSPS) is 12.9. The van der Waals surface area contributed by atoms with Crippen molar-refractivity contribution >= 4 is 22.6 Å². The predicted octanol–water partition coefficient (Wildman–Crippen LogP) is 1.15. The van der Waals surface area contributed by atoms with Crippen LogP contribution >= 0.6 is 22.6 Å². The molecule has 1 unspecified atom stereocenters. The van der Waals surface area contributed by atoms with Crippen molar-refractivity contribution < 1.29 is 5.11 Å². The van der Waals surface area contributed by atoms with Crippen molar-refractivity contribution in [3.05, 3.63) is 33.4 Å². The van der Waals surface area contributed by atoms with Crippen LogP contribution in [0.2, 0.25) is 0 Å². The second-order valence-electron chi connectivity index (χ2n) is 2.78. The first-order valence-corrected chi connectivity index (χ1v) is 4.91. The van der Waals surface area contributed by atoms with Gasteiger partial charge in [0.2, 0.25) is 0 Å². The zero-order valence-corrected chi connectivity index (χ0v) is 8.86. The summed E-state index contributed by atoms with van der Waals surface area (Å²) in [6, 6.07) is 8.01. The predicted molar refractivity (Wildman–Crippen MR) is 57.9 cm³/mol. The number of aliphatic hydroxyl groups excluding tert-OH is 1. The van der Waals surface area contributed by atoms with Crippen molar-refractivity contribution in [3.8, 4) is 0 Å². The molecule has 0 bridgehead atoms. The second-order valence-corrected chi connectivity index (χ2v) is 4.02. The average Bonchev–Trinajstić information content (AvgIpc) is 2.04. The number of benzene rings is 1. The van der Waals surface area contributed by atoms with E-state index in [1.165, 1.54) is 9.13 Å². The average molecular weight is 277 g/mol. The Morgan fingerprint density at radius 2 is 2.25 bits per heavy atom. The number of hydrogen-bond donors (Lipinski definition) is 2. The van der Waals surface area contributed by atoms with E-state index >= 15 is 0 Å². The molecule has 0 fully saturated rings. The molecule has 0 saturated heterocycles. The number of nitrogens with two attached hydrogens (primary N) is 1. The molecule has 0 radical (unpaired) electrons. The summed E-state index contributed by atoms with van der Waals surface area (Å²) in [6.07, 6.45) is 0.743. The molecular weight excluding hydrogens is 265 g/mol. The number of aliphatic hydroxyl groups is 1. The van der Waals surface area contributed by atoms with Gasteiger partial charge >= 0.3 is 0 Å². The van der Waals surface area contributed by atoms with E-state index in [4.69, 9.17) is 10.8 Å². The van der Waals surface area contributed by atoms with Crippen LogP contribution in [0.1, 0.15) is 5.56 Å². The highest BCUT2D eigenvalue weighted by Gasteiger charge is 2.01. The van der Waals surface area contributed by atoms with E-state index in [9.17, 15) is 0 Å². The fraction of sp³-hybridized carbons (Fsp3) is 0.333. The van der Waals surface area contributed by atoms with Gasteiger partial charge in [-0.1, -0.05) is 12.1 Å². The fourth-order valence-corrected chi connectivity index (χ4v) is 1.64. The van der Waals surface area contributed by atoms with Gasteiger partial charge in [0.15, 0.2) is 0 Å². The SMILES string of the molecule is NC(CO)Cc1cccc(I)c1. The Labute approximate surface area is 85.9 Å². The lowest BCUT2D eigenvalue weighted by Crippen LogP contribution is -2.26. The minimum absolute atomic E-state index is 0.0471. The van der Waals surface area contributed by atoms with Crippen LogP contribution in [0.3, 0.4) is 0 Å². The van der Waals surface area contributed by atoms with Crippen molar-refractivity contribution in [2.75, 3.05) is 6.61 Å². The van der Waals surface area contributed by atoms with E-state index < -0.39 is 0 Å². The highest BCUT2D eigenvalue weighted by molar-refractivity contribution is 14.1. The highest BCUT2D eigenvalue weighted by atomic mass is 127. The maximum Gasteiger partial charge on any atom is 0.0585 e. The van der Waals surface area contributed by atoms with E-state index in [1.807, 2.05) is 18.2 Å². The first kappa shape index (κ1) is 9.95. The van der Waals surface area contributed by atoms with Gasteiger partial charge in [-0.2, -0.15) is 0 Å². The summed E-state index contributed by atoms with van der Waals surface area (Å²) in [4.78, 5) is 0. The summed E-state index contributed by atoms with van der Waals surface area (Å²) in [5.74, 6) is 0. The van der Waals surface area contributed by atoms with Gasteiger partial charge in [0.05, 0.1) is 6.61 Å². The smallest absolute Gasteiger partial charge is 0.0585 e. The summed E-state index contributed by atoms with van der Waals surface area (Å²) in [5, 5.41) is 8.74. The first-order chi connectivity index (χ1) is 5.72. The van der Waals surface area contributed by atoms with Crippen molar-refractivity contribution in [2.45, 2.75) is 12.5 Å². The van der Waals surface area contributed by atoms with Crippen LogP contribution in [0.25, 0.3) is 0 Å². The molecule has 1 atom stereocenters. The maximum absolute atomic E-state index is 8.74. The molecule has 3 N–H and O–H groups in total. The molecule has 3 heteroatoms. The molecule has 0 amide bonds. The molecule has 2 nitrogen and oxygen atoms in total. The number of rotatable bonds is 3. The van der Waals surface area contributed by atoms with Crippen LogP contribution in [-0.4, -0.2) is 17.8 Å². The Bertz CT molecular complexity index is 252. The molecule has 0 aliphatic carbocycles. The summed E-state index contributed by atoms with van der Waals surface area (Å²) >= 11 is 2.26. The van der Waals surface area contributed by atoms with Crippen LogP contribution in [0, 0.1) is 3.57 Å². The molecule has 1 aromatic rings. The van der Waals surface area contributed by atoms with Crippen LogP contribution < -0.4 is 5.73 Å². The van der Waals surface area contributed by atoms with Gasteiger partial charge in [-0.15, -0.1) is 0 Å². The van der Waals surface area contributed by atoms with Crippen LogP contribution in [0.4, 0.5) is 0 Å². The third-order valence-corrected chi connectivity index (χ3v) is 2.29. The van der Waals surface area contributed by atoms with E-state index in [2.05, 4.69) is 28.7 Å². The van der Waals surface area contributed by atoms with Crippen molar-refractivity contribution in [3.63, 3.8) is 0 Å². The van der Waals surface area contributed by atoms with Crippen LogP contribution in [0.15, 0.2) is 24.3 Å². The minimum Gasteiger partial charge on any atom is -0.395 e. The quantitative estimate of drug-likeness (QED) is 0.814. The fourth-order valence-electron chi connectivity index (χ4n) is 1.03. The van der Waals surface area contributed by atoms with Crippen LogP contribution in [-0.2, 0) is 6.42 Å². The summed E-state index contributed by atoms with van der Waals surface area (Å²) < 4.78 is 1.20. The van der Waals surface area contributed by atoms with Gasteiger partial charge in [0.25, 0.3) is 0 Å². The number of halogens is 1. The number of hydrogen-bond acceptors (Lipinski definition) is 2. The molecule has 0 aliphatic heterocycles. The summed E-state index contributed by atoms with van der Waals surface area (Å²) in [6.45, 7) is 0.0471. The lowest BCUT2D eigenvalue weighted by molar-refractivity contribution is 0.265. The Hall–Kier alpha value is -0.130. The molecular formula is C9H12INO. The Morgan fingerprint density at radius 3 is 2.83 bits per heavy atom. The molecule has 66 valence electrons. The van der Waals surface area contributed by atoms with E-state index in [1.54, 1.807) is 0 Å². The third-order valence-electron chi connectivity index (χ3n) is 1.62. The Morgan fingerprint density at radius 1 is 1.50 bits per heavy atom. The van der Waals surface area contributed by atoms with Crippen molar-refractivity contribution in [1.82, 2.24) is 0 Å². The molecule has 1 aromatic carbocycles. The minimum atomic E-state index is -0.136. The molecule has 0 aliphatic rings. The Balaban J connectivity index is 2.63. The van der Waals surface area contributed by atoms with Gasteiger partial charge in [-0.3, -0.25) is 0 Å². The summed E-state index contributed by atoms with van der Waals surface area (Å²) in [7, 11) is 0. The van der Waals surface area contributed by atoms with E-state index in [0.717, 1.165) is 6.42 Å². The monoisotopic (exact) mass is 277 g/mol. The van der Waals surface area contributed by atoms with Gasteiger partial charge in [-0.25, -0.2) is 0 Å². The molecule has 0 aromatic heterocycles. The standard InChI is InChI=1S/C9H12INO/c10-8-3-1-2-7(4-8)5-9(11)6-12/h1-4,9,12H,5-6,11H2. The van der Waals surface area contributed by atoms with Gasteiger partial charge in [0.1, 0.15) is 0 Å². The van der Waals surface area contributed by atoms with Crippen molar-refractivity contribution in [1.29, 1.82) is 0 Å². The van der Waals surface area contributed by atoms with Gasteiger partial charge in [-0.05, 0) is 46.7 Å². The third kappa shape index (κ3) is 3.08. The topological polar surface area (TPSA) is 46.2 Å².